The fraction of sp³-hybridized carbons (Fsp3) is 0.727. The van der Waals surface area contributed by atoms with E-state index in [4.69, 9.17) is 4.74 Å². The van der Waals surface area contributed by atoms with Crippen molar-refractivity contribution in [2.75, 3.05) is 26.2 Å². The van der Waals surface area contributed by atoms with Crippen LogP contribution in [0.15, 0.2) is 18.7 Å². The largest absolute Gasteiger partial charge is 0.372 e. The smallest absolute Gasteiger partial charge is 0.0948 e. The Morgan fingerprint density at radius 1 is 1.47 bits per heavy atom. The molecule has 0 bridgehead atoms. The second-order valence-electron chi connectivity index (χ2n) is 4.52. The van der Waals surface area contributed by atoms with Gasteiger partial charge in [-0.2, -0.15) is 0 Å². The third-order valence-electron chi connectivity index (χ3n) is 3.29. The van der Waals surface area contributed by atoms with Crippen molar-refractivity contribution in [1.82, 2.24) is 14.5 Å². The second-order valence-corrected chi connectivity index (χ2v) is 4.52. The molecule has 0 saturated carbocycles. The number of epoxide rings is 1. The molecule has 2 aliphatic heterocycles. The number of ether oxygens (including phenoxy) is 1. The number of hydrogen-bond acceptors (Lipinski definition) is 3. The van der Waals surface area contributed by atoms with Crippen LogP contribution in [0.2, 0.25) is 0 Å². The molecule has 2 saturated heterocycles. The molecule has 0 spiro atoms. The predicted octanol–water partition coefficient (Wildman–Crippen LogP) is 0.919. The number of hydrogen-bond donors (Lipinski definition) is 0. The third kappa shape index (κ3) is 2.21. The maximum absolute atomic E-state index is 5.28. The fourth-order valence-corrected chi connectivity index (χ4v) is 2.39. The SMILES string of the molecule is c1cn(C2CCCN(CC3CO3)C2)cn1. The van der Waals surface area contributed by atoms with Crippen molar-refractivity contribution in [3.63, 3.8) is 0 Å². The summed E-state index contributed by atoms with van der Waals surface area (Å²) in [5.41, 5.74) is 0. The van der Waals surface area contributed by atoms with Gasteiger partial charge in [0.15, 0.2) is 0 Å². The zero-order chi connectivity index (χ0) is 10.1. The van der Waals surface area contributed by atoms with Gasteiger partial charge in [0.2, 0.25) is 0 Å². The van der Waals surface area contributed by atoms with Gasteiger partial charge >= 0.3 is 0 Å². The molecule has 1 aromatic rings. The summed E-state index contributed by atoms with van der Waals surface area (Å²) in [7, 11) is 0. The molecule has 3 heterocycles. The lowest BCUT2D eigenvalue weighted by atomic mass is 10.1. The first kappa shape index (κ1) is 9.36. The van der Waals surface area contributed by atoms with E-state index in [9.17, 15) is 0 Å². The minimum absolute atomic E-state index is 0.520. The fourth-order valence-electron chi connectivity index (χ4n) is 2.39. The van der Waals surface area contributed by atoms with E-state index in [0.29, 0.717) is 12.1 Å². The van der Waals surface area contributed by atoms with Gasteiger partial charge in [0, 0.05) is 31.5 Å². The van der Waals surface area contributed by atoms with Gasteiger partial charge in [-0.25, -0.2) is 4.98 Å². The van der Waals surface area contributed by atoms with Gasteiger partial charge in [0.05, 0.1) is 19.0 Å². The summed E-state index contributed by atoms with van der Waals surface area (Å²) in [5.74, 6) is 0. The Morgan fingerprint density at radius 3 is 3.13 bits per heavy atom. The van der Waals surface area contributed by atoms with Gasteiger partial charge in [-0.05, 0) is 19.4 Å². The first-order valence-electron chi connectivity index (χ1n) is 5.73. The quantitative estimate of drug-likeness (QED) is 0.691. The van der Waals surface area contributed by atoms with E-state index >= 15 is 0 Å². The molecule has 3 rings (SSSR count). The van der Waals surface area contributed by atoms with Crippen LogP contribution in [0.25, 0.3) is 0 Å². The van der Waals surface area contributed by atoms with E-state index in [1.54, 1.807) is 0 Å². The van der Waals surface area contributed by atoms with Crippen molar-refractivity contribution < 1.29 is 4.74 Å². The molecule has 0 aromatic carbocycles. The van der Waals surface area contributed by atoms with Gasteiger partial charge in [0.25, 0.3) is 0 Å². The van der Waals surface area contributed by atoms with Crippen LogP contribution in [0.3, 0.4) is 0 Å². The highest BCUT2D eigenvalue weighted by atomic mass is 16.6. The van der Waals surface area contributed by atoms with E-state index in [0.717, 1.165) is 19.7 Å². The van der Waals surface area contributed by atoms with Gasteiger partial charge < -0.3 is 9.30 Å². The van der Waals surface area contributed by atoms with Crippen LogP contribution in [0.1, 0.15) is 18.9 Å². The highest BCUT2D eigenvalue weighted by Gasteiger charge is 2.28. The molecule has 0 radical (unpaired) electrons. The molecular weight excluding hydrogens is 190 g/mol. The monoisotopic (exact) mass is 207 g/mol. The van der Waals surface area contributed by atoms with Crippen molar-refractivity contribution in [3.8, 4) is 0 Å². The maximum atomic E-state index is 5.28. The predicted molar refractivity (Wildman–Crippen MR) is 56.7 cm³/mol. The molecule has 4 heteroatoms. The number of piperidine rings is 1. The van der Waals surface area contributed by atoms with Gasteiger partial charge in [-0.1, -0.05) is 0 Å². The summed E-state index contributed by atoms with van der Waals surface area (Å²) in [6.45, 7) is 4.46. The van der Waals surface area contributed by atoms with Gasteiger partial charge in [-0.3, -0.25) is 4.90 Å². The highest BCUT2D eigenvalue weighted by Crippen LogP contribution is 2.22. The summed E-state index contributed by atoms with van der Waals surface area (Å²) in [6.07, 6.45) is 8.95. The molecule has 0 aliphatic carbocycles. The Kier molecular flexibility index (Phi) is 2.46. The van der Waals surface area contributed by atoms with Crippen molar-refractivity contribution in [3.05, 3.63) is 18.7 Å². The average molecular weight is 207 g/mol. The highest BCUT2D eigenvalue weighted by molar-refractivity contribution is 4.86. The Morgan fingerprint density at radius 2 is 2.40 bits per heavy atom. The van der Waals surface area contributed by atoms with E-state index in [-0.39, 0.29) is 0 Å². The standard InChI is InChI=1S/C11H17N3O/c1-2-10(14-5-3-12-9-14)6-13(4-1)7-11-8-15-11/h3,5,9-11H,1-2,4,6-8H2. The Hall–Kier alpha value is -0.870. The minimum Gasteiger partial charge on any atom is -0.372 e. The first-order valence-corrected chi connectivity index (χ1v) is 5.73. The third-order valence-corrected chi connectivity index (χ3v) is 3.29. The van der Waals surface area contributed by atoms with Crippen molar-refractivity contribution >= 4 is 0 Å². The molecule has 4 nitrogen and oxygen atoms in total. The summed E-state index contributed by atoms with van der Waals surface area (Å²) in [4.78, 5) is 6.64. The lowest BCUT2D eigenvalue weighted by Gasteiger charge is -2.32. The maximum Gasteiger partial charge on any atom is 0.0948 e. The van der Waals surface area contributed by atoms with Gasteiger partial charge in [0.1, 0.15) is 0 Å². The summed E-state index contributed by atoms with van der Waals surface area (Å²) in [6, 6.07) is 0.611. The first-order chi connectivity index (χ1) is 7.42. The number of likely N-dealkylation sites (tertiary alicyclic amines) is 1. The Bertz CT molecular complexity index is 308. The molecule has 2 fully saturated rings. The van der Waals surface area contributed by atoms with Crippen LogP contribution in [-0.2, 0) is 4.74 Å². The van der Waals surface area contributed by atoms with E-state index < -0.39 is 0 Å². The van der Waals surface area contributed by atoms with Crippen molar-refractivity contribution in [2.24, 2.45) is 0 Å². The molecule has 0 N–H and O–H groups in total. The summed E-state index contributed by atoms with van der Waals surface area (Å²) in [5, 5.41) is 0. The van der Waals surface area contributed by atoms with Crippen molar-refractivity contribution in [1.29, 1.82) is 0 Å². The Labute approximate surface area is 89.9 Å². The Balaban J connectivity index is 1.60. The molecule has 15 heavy (non-hydrogen) atoms. The molecular formula is C11H17N3O. The number of aromatic nitrogens is 2. The topological polar surface area (TPSA) is 33.6 Å². The zero-order valence-electron chi connectivity index (χ0n) is 8.88. The summed E-state index contributed by atoms with van der Waals surface area (Å²) < 4.78 is 7.51. The van der Waals surface area contributed by atoms with Crippen LogP contribution in [-0.4, -0.2) is 46.8 Å². The van der Waals surface area contributed by atoms with Crippen LogP contribution < -0.4 is 0 Å². The molecule has 1 aromatic heterocycles. The van der Waals surface area contributed by atoms with Crippen LogP contribution in [0.4, 0.5) is 0 Å². The van der Waals surface area contributed by atoms with E-state index in [1.165, 1.54) is 19.4 Å². The molecule has 2 atom stereocenters. The average Bonchev–Trinajstić information content (AvgIpc) is 2.91. The van der Waals surface area contributed by atoms with Crippen LogP contribution in [0, 0.1) is 0 Å². The number of rotatable bonds is 3. The van der Waals surface area contributed by atoms with E-state index in [1.807, 2.05) is 12.5 Å². The minimum atomic E-state index is 0.520. The molecule has 82 valence electrons. The number of imidazole rings is 1. The second kappa shape index (κ2) is 3.94. The number of nitrogens with zero attached hydrogens (tertiary/aromatic N) is 3. The zero-order valence-corrected chi connectivity index (χ0v) is 8.88. The van der Waals surface area contributed by atoms with E-state index in [2.05, 4.69) is 20.6 Å². The molecule has 2 aliphatic rings. The lowest BCUT2D eigenvalue weighted by molar-refractivity contribution is 0.164. The van der Waals surface area contributed by atoms with Gasteiger partial charge in [-0.15, -0.1) is 0 Å². The van der Waals surface area contributed by atoms with Crippen LogP contribution >= 0.6 is 0 Å². The summed E-state index contributed by atoms with van der Waals surface area (Å²) >= 11 is 0. The lowest BCUT2D eigenvalue weighted by Crippen LogP contribution is -2.38. The van der Waals surface area contributed by atoms with Crippen LogP contribution in [0.5, 0.6) is 0 Å². The molecule has 2 unspecified atom stereocenters. The van der Waals surface area contributed by atoms with Crippen molar-refractivity contribution in [2.45, 2.75) is 25.0 Å². The normalized spacial score (nSPS) is 31.7. The molecule has 0 amide bonds.